The van der Waals surface area contributed by atoms with E-state index < -0.39 is 0 Å². The van der Waals surface area contributed by atoms with Crippen LogP contribution in [0.4, 0.5) is 0 Å². The number of benzene rings is 6. The van der Waals surface area contributed by atoms with Crippen molar-refractivity contribution in [1.29, 1.82) is 0 Å². The highest BCUT2D eigenvalue weighted by Crippen LogP contribution is 2.35. The zero-order valence-electron chi connectivity index (χ0n) is 28.7. The molecular formula is C39H25N3O. The van der Waals surface area contributed by atoms with Crippen molar-refractivity contribution in [1.82, 2.24) is 15.0 Å². The van der Waals surface area contributed by atoms with E-state index in [2.05, 4.69) is 0 Å². The first-order valence-electron chi connectivity index (χ1n) is 16.8. The maximum Gasteiger partial charge on any atom is 0.164 e. The van der Waals surface area contributed by atoms with Crippen molar-refractivity contribution in [2.24, 2.45) is 0 Å². The summed E-state index contributed by atoms with van der Waals surface area (Å²) in [5.74, 6) is 0.674. The summed E-state index contributed by atoms with van der Waals surface area (Å²) in [5.41, 5.74) is 4.15. The Hall–Kier alpha value is -5.87. The van der Waals surface area contributed by atoms with Crippen molar-refractivity contribution in [3.05, 3.63) is 152 Å². The van der Waals surface area contributed by atoms with Gasteiger partial charge in [0.25, 0.3) is 0 Å². The van der Waals surface area contributed by atoms with E-state index in [0.717, 1.165) is 11.1 Å². The van der Waals surface area contributed by atoms with Crippen LogP contribution in [-0.4, -0.2) is 15.0 Å². The molecule has 0 aliphatic rings. The van der Waals surface area contributed by atoms with Crippen molar-refractivity contribution in [3.8, 4) is 56.4 Å². The molecule has 0 spiro atoms. The summed E-state index contributed by atoms with van der Waals surface area (Å²) < 4.78 is 60.2. The van der Waals surface area contributed by atoms with Crippen molar-refractivity contribution in [3.63, 3.8) is 0 Å². The van der Waals surface area contributed by atoms with Crippen LogP contribution in [0.15, 0.2) is 156 Å². The summed E-state index contributed by atoms with van der Waals surface area (Å²) in [6.45, 7) is 0. The molecule has 2 aromatic heterocycles. The third kappa shape index (κ3) is 4.75. The average Bonchev–Trinajstić information content (AvgIpc) is 3.56. The third-order valence-corrected chi connectivity index (χ3v) is 7.21. The summed E-state index contributed by atoms with van der Waals surface area (Å²) in [7, 11) is 0. The molecule has 0 atom stereocenters. The quantitative estimate of drug-likeness (QED) is 0.211. The smallest absolute Gasteiger partial charge is 0.164 e. The second-order valence-corrected chi connectivity index (χ2v) is 9.99. The maximum atomic E-state index is 9.27. The van der Waals surface area contributed by atoms with E-state index in [4.69, 9.17) is 26.2 Å². The van der Waals surface area contributed by atoms with Crippen molar-refractivity contribution >= 4 is 21.9 Å². The predicted octanol–water partition coefficient (Wildman–Crippen LogP) is 10.1. The highest BCUT2D eigenvalue weighted by Gasteiger charge is 2.15. The van der Waals surface area contributed by atoms with E-state index >= 15 is 0 Å². The highest BCUT2D eigenvalue weighted by atomic mass is 16.3. The Labute approximate surface area is 257 Å². The predicted molar refractivity (Wildman–Crippen MR) is 174 cm³/mol. The van der Waals surface area contributed by atoms with Crippen molar-refractivity contribution < 1.29 is 12.6 Å². The van der Waals surface area contributed by atoms with Crippen molar-refractivity contribution in [2.75, 3.05) is 0 Å². The Kier molecular flexibility index (Phi) is 4.71. The number of furan rings is 1. The zero-order chi connectivity index (χ0) is 33.8. The van der Waals surface area contributed by atoms with Crippen LogP contribution in [0.25, 0.3) is 78.4 Å². The molecule has 8 rings (SSSR count). The molecule has 0 fully saturated rings. The van der Waals surface area contributed by atoms with Gasteiger partial charge in [0.15, 0.2) is 17.5 Å². The van der Waals surface area contributed by atoms with Crippen LogP contribution in [0, 0.1) is 0 Å². The number of hydrogen-bond acceptors (Lipinski definition) is 4. The van der Waals surface area contributed by atoms with Gasteiger partial charge in [-0.05, 0) is 46.4 Å². The largest absolute Gasteiger partial charge is 0.456 e. The summed E-state index contributed by atoms with van der Waals surface area (Å²) in [5, 5.41) is 0.0949. The van der Waals surface area contributed by atoms with Crippen LogP contribution in [0.1, 0.15) is 8.22 Å². The monoisotopic (exact) mass is 557 g/mol. The van der Waals surface area contributed by atoms with Gasteiger partial charge in [0, 0.05) is 27.5 Å². The van der Waals surface area contributed by atoms with Crippen LogP contribution >= 0.6 is 0 Å². The molecule has 0 bridgehead atoms. The minimum Gasteiger partial charge on any atom is -0.456 e. The summed E-state index contributed by atoms with van der Waals surface area (Å²) >= 11 is 0. The normalized spacial score (nSPS) is 13.2. The topological polar surface area (TPSA) is 51.8 Å². The van der Waals surface area contributed by atoms with Gasteiger partial charge >= 0.3 is 0 Å². The van der Waals surface area contributed by atoms with Crippen LogP contribution in [0.5, 0.6) is 0 Å². The molecule has 43 heavy (non-hydrogen) atoms. The highest BCUT2D eigenvalue weighted by molar-refractivity contribution is 6.06. The summed E-state index contributed by atoms with van der Waals surface area (Å²) in [4.78, 5) is 14.2. The molecule has 8 aromatic rings. The minimum absolute atomic E-state index is 0.0187. The lowest BCUT2D eigenvalue weighted by Gasteiger charge is -2.09. The molecule has 0 saturated heterocycles. The van der Waals surface area contributed by atoms with Gasteiger partial charge in [-0.3, -0.25) is 0 Å². The zero-order valence-corrected chi connectivity index (χ0v) is 22.7. The second-order valence-electron chi connectivity index (χ2n) is 9.99. The molecule has 0 saturated carbocycles. The molecule has 6 aromatic carbocycles. The summed E-state index contributed by atoms with van der Waals surface area (Å²) in [6, 6.07) is 34.5. The maximum absolute atomic E-state index is 9.27. The number of fused-ring (bicyclic) bond motifs is 3. The third-order valence-electron chi connectivity index (χ3n) is 7.21. The second kappa shape index (κ2) is 10.5. The van der Waals surface area contributed by atoms with Gasteiger partial charge in [0.2, 0.25) is 0 Å². The number of nitrogens with zero attached hydrogens (tertiary/aromatic N) is 3. The van der Waals surface area contributed by atoms with Gasteiger partial charge in [-0.15, -0.1) is 0 Å². The lowest BCUT2D eigenvalue weighted by molar-refractivity contribution is 0.669. The number of rotatable bonds is 5. The van der Waals surface area contributed by atoms with E-state index in [9.17, 15) is 1.37 Å². The molecule has 4 heteroatoms. The van der Waals surface area contributed by atoms with E-state index in [-0.39, 0.29) is 75.1 Å². The fraction of sp³-hybridized carbons (Fsp3) is 0. The molecule has 202 valence electrons. The molecule has 0 aliphatic heterocycles. The standard InChI is InChI=1S/C39H25N3O/c1-4-10-26(11-5-1)28-16-18-30(19-17-28)38-40-37(29-14-8-3-9-15-29)41-39(42-38)32-21-23-34-33-22-20-31(27-12-6-2-7-13-27)24-35(33)43-36(34)25-32/h1-25H/i20D,21D,22D,23D,24D,25D. The Morgan fingerprint density at radius 3 is 1.30 bits per heavy atom. The van der Waals surface area contributed by atoms with Gasteiger partial charge in [-0.1, -0.05) is 127 Å². The van der Waals surface area contributed by atoms with E-state index in [1.807, 2.05) is 91.0 Å². The molecule has 0 aliphatic carbocycles. The number of aromatic nitrogens is 3. The molecule has 0 amide bonds. The lowest BCUT2D eigenvalue weighted by atomic mass is 10.0. The van der Waals surface area contributed by atoms with Gasteiger partial charge in [-0.25, -0.2) is 15.0 Å². The molecule has 4 nitrogen and oxygen atoms in total. The Bertz CT molecular complexity index is 2540. The lowest BCUT2D eigenvalue weighted by Crippen LogP contribution is -2.00. The Morgan fingerprint density at radius 2 is 0.744 bits per heavy atom. The fourth-order valence-electron chi connectivity index (χ4n) is 5.02. The number of hydrogen-bond donors (Lipinski definition) is 0. The van der Waals surface area contributed by atoms with E-state index in [1.165, 1.54) is 0 Å². The first kappa shape index (κ1) is 19.3. The Morgan fingerprint density at radius 1 is 0.372 bits per heavy atom. The molecule has 0 N–H and O–H groups in total. The van der Waals surface area contributed by atoms with Gasteiger partial charge < -0.3 is 4.42 Å². The Balaban J connectivity index is 1.35. The molecule has 0 unspecified atom stereocenters. The minimum atomic E-state index is -0.333. The summed E-state index contributed by atoms with van der Waals surface area (Å²) in [6.07, 6.45) is 0. The molecule has 0 radical (unpaired) electrons. The van der Waals surface area contributed by atoms with Crippen molar-refractivity contribution in [2.45, 2.75) is 0 Å². The SMILES string of the molecule is [2H]c1c(-c2ccccc2)c([2H])c2oc3c([2H])c(-c4nc(-c5ccccc5)nc(-c5ccc(-c6ccccc6)cc5)n4)c([2H])c([2H])c3c2c1[2H]. The first-order valence-corrected chi connectivity index (χ1v) is 13.8. The van der Waals surface area contributed by atoms with Gasteiger partial charge in [-0.2, -0.15) is 0 Å². The molecular weight excluding hydrogens is 526 g/mol. The van der Waals surface area contributed by atoms with E-state index in [1.54, 1.807) is 24.3 Å². The molecule has 2 heterocycles. The first-order chi connectivity index (χ1) is 23.8. The van der Waals surface area contributed by atoms with Crippen LogP contribution in [0.2, 0.25) is 0 Å². The van der Waals surface area contributed by atoms with E-state index in [0.29, 0.717) is 28.3 Å². The average molecular weight is 558 g/mol. The fourth-order valence-corrected chi connectivity index (χ4v) is 5.02. The van der Waals surface area contributed by atoms with Crippen LogP contribution < -0.4 is 0 Å². The van der Waals surface area contributed by atoms with Crippen LogP contribution in [-0.2, 0) is 0 Å². The van der Waals surface area contributed by atoms with Gasteiger partial charge in [0.05, 0.1) is 8.22 Å². The van der Waals surface area contributed by atoms with Crippen LogP contribution in [0.3, 0.4) is 0 Å². The van der Waals surface area contributed by atoms with Gasteiger partial charge in [0.1, 0.15) is 11.2 Å².